The van der Waals surface area contributed by atoms with Gasteiger partial charge in [-0.3, -0.25) is 24.1 Å². The number of amides is 4. The van der Waals surface area contributed by atoms with Crippen molar-refractivity contribution in [2.24, 2.45) is 39.3 Å². The van der Waals surface area contributed by atoms with E-state index in [1.807, 2.05) is 91.0 Å². The first kappa shape index (κ1) is 35.6. The van der Waals surface area contributed by atoms with Crippen molar-refractivity contribution in [1.29, 1.82) is 0 Å². The second-order valence-electron chi connectivity index (χ2n) is 14.7. The van der Waals surface area contributed by atoms with Crippen LogP contribution < -0.4 is 19.4 Å². The van der Waals surface area contributed by atoms with Crippen molar-refractivity contribution in [2.45, 2.75) is 25.7 Å². The minimum absolute atomic E-state index is 0.0216. The van der Waals surface area contributed by atoms with Gasteiger partial charge in [-0.05, 0) is 127 Å². The number of aromatic hydroxyl groups is 1. The maximum absolute atomic E-state index is 14.7. The van der Waals surface area contributed by atoms with E-state index >= 15 is 0 Å². The lowest BCUT2D eigenvalue weighted by atomic mass is 9.51. The van der Waals surface area contributed by atoms with Gasteiger partial charge in [0.25, 0.3) is 0 Å². The Morgan fingerprint density at radius 2 is 1.44 bits per heavy atom. The van der Waals surface area contributed by atoms with Crippen LogP contribution in [0.5, 0.6) is 11.5 Å². The molecule has 6 atom stereocenters. The molecule has 2 heterocycles. The highest BCUT2D eigenvalue weighted by molar-refractivity contribution is 14.1. The van der Waals surface area contributed by atoms with Crippen LogP contribution in [0.2, 0.25) is 0 Å². The number of fused-ring (bicyclic) bond motifs is 4. The number of azo groups is 1. The number of allylic oxidation sites excluding steroid dienone is 2. The Kier molecular flexibility index (Phi) is 8.90. The quantitative estimate of drug-likeness (QED) is 0.0866. The molecular weight excluding hydrogens is 797 g/mol. The second kappa shape index (κ2) is 13.5. The Morgan fingerprint density at radius 3 is 2.07 bits per heavy atom. The Balaban J connectivity index is 1.14. The lowest BCUT2D eigenvalue weighted by Gasteiger charge is -2.49. The standard InChI is InChI=1S/C42H38IN5O6/c1-42-32(39(51)48(41(42)53)27-8-6-5-7-9-27)22-31-29(36(42)23-20-33(43)37(49)34(21-23)54-4)18-19-30-35(31)40(52)47(38(30)50)28-16-12-25(13-17-28)45-44-24-10-14-26(15-11-24)46(2)3/h5-18,20-21,30-32,35-36,49H,19,22H2,1-4H3/t30-,31+,32-,35-,36-,42+/m0/s1. The van der Waals surface area contributed by atoms with E-state index in [0.29, 0.717) is 38.3 Å². The summed E-state index contributed by atoms with van der Waals surface area (Å²) in [5.74, 6) is -4.26. The van der Waals surface area contributed by atoms with Crippen LogP contribution in [0, 0.1) is 32.7 Å². The fraction of sp³-hybridized carbons (Fsp3) is 0.286. The normalized spacial score (nSPS) is 26.2. The van der Waals surface area contributed by atoms with Gasteiger partial charge in [0.2, 0.25) is 23.6 Å². The van der Waals surface area contributed by atoms with Gasteiger partial charge in [-0.2, -0.15) is 10.2 Å². The van der Waals surface area contributed by atoms with Crippen LogP contribution in [0.4, 0.5) is 28.4 Å². The van der Waals surface area contributed by atoms with Crippen molar-refractivity contribution in [3.63, 3.8) is 0 Å². The summed E-state index contributed by atoms with van der Waals surface area (Å²) in [4.78, 5) is 62.3. The lowest BCUT2D eigenvalue weighted by Crippen LogP contribution is -2.48. The highest BCUT2D eigenvalue weighted by Gasteiger charge is 2.67. The molecule has 4 aromatic rings. The summed E-state index contributed by atoms with van der Waals surface area (Å²) in [5.41, 5.74) is 3.57. The van der Waals surface area contributed by atoms with E-state index < -0.39 is 35.0 Å². The Labute approximate surface area is 326 Å². The van der Waals surface area contributed by atoms with Gasteiger partial charge < -0.3 is 14.7 Å². The number of nitrogens with zero attached hydrogens (tertiary/aromatic N) is 5. The molecule has 1 saturated carbocycles. The number of carbonyl (C=O) groups is 4. The fourth-order valence-electron chi connectivity index (χ4n) is 8.99. The molecule has 274 valence electrons. The van der Waals surface area contributed by atoms with Crippen molar-refractivity contribution in [3.05, 3.63) is 112 Å². The second-order valence-corrected chi connectivity index (χ2v) is 15.9. The summed E-state index contributed by atoms with van der Waals surface area (Å²) in [7, 11) is 5.40. The Hall–Kier alpha value is -5.37. The van der Waals surface area contributed by atoms with Crippen LogP contribution >= 0.6 is 22.6 Å². The summed E-state index contributed by atoms with van der Waals surface area (Å²) in [6, 6.07) is 26.9. The van der Waals surface area contributed by atoms with Crippen LogP contribution in [-0.4, -0.2) is 49.9 Å². The Bertz CT molecular complexity index is 2260. The first-order valence-corrected chi connectivity index (χ1v) is 18.9. The maximum atomic E-state index is 14.7. The summed E-state index contributed by atoms with van der Waals surface area (Å²) in [6.45, 7) is 1.84. The van der Waals surface area contributed by atoms with Gasteiger partial charge in [-0.15, -0.1) is 0 Å². The summed E-state index contributed by atoms with van der Waals surface area (Å²) in [6.07, 6.45) is 2.56. The molecule has 12 heteroatoms. The average Bonchev–Trinajstić information content (AvgIpc) is 3.55. The van der Waals surface area contributed by atoms with E-state index in [1.165, 1.54) is 16.9 Å². The van der Waals surface area contributed by atoms with Crippen LogP contribution in [-0.2, 0) is 19.2 Å². The molecule has 4 aromatic carbocycles. The van der Waals surface area contributed by atoms with Crippen molar-refractivity contribution in [2.75, 3.05) is 35.9 Å². The molecular formula is C42H38IN5O6. The van der Waals surface area contributed by atoms with Crippen LogP contribution in [0.3, 0.4) is 0 Å². The molecule has 0 spiro atoms. The minimum atomic E-state index is -1.21. The van der Waals surface area contributed by atoms with Gasteiger partial charge in [0, 0.05) is 25.7 Å². The fourth-order valence-corrected chi connectivity index (χ4v) is 9.62. The smallest absolute Gasteiger partial charge is 0.241 e. The van der Waals surface area contributed by atoms with Gasteiger partial charge in [0.1, 0.15) is 0 Å². The van der Waals surface area contributed by atoms with E-state index in [4.69, 9.17) is 4.74 Å². The van der Waals surface area contributed by atoms with Gasteiger partial charge >= 0.3 is 0 Å². The molecule has 4 aliphatic rings. The topological polar surface area (TPSA) is 132 Å². The predicted molar refractivity (Wildman–Crippen MR) is 212 cm³/mol. The Morgan fingerprint density at radius 1 is 0.815 bits per heavy atom. The molecule has 4 amide bonds. The molecule has 2 saturated heterocycles. The number of halogens is 1. The zero-order chi connectivity index (χ0) is 38.1. The number of para-hydroxylation sites is 1. The van der Waals surface area contributed by atoms with Gasteiger partial charge in [-0.1, -0.05) is 29.8 Å². The van der Waals surface area contributed by atoms with Gasteiger partial charge in [-0.25, -0.2) is 4.90 Å². The number of benzene rings is 4. The first-order valence-electron chi connectivity index (χ1n) is 17.8. The summed E-state index contributed by atoms with van der Waals surface area (Å²) >= 11 is 2.03. The molecule has 0 aromatic heterocycles. The number of rotatable bonds is 7. The highest BCUT2D eigenvalue weighted by Crippen LogP contribution is 2.64. The predicted octanol–water partition coefficient (Wildman–Crippen LogP) is 7.92. The number of hydrogen-bond acceptors (Lipinski definition) is 9. The van der Waals surface area contributed by atoms with Crippen molar-refractivity contribution >= 4 is 74.7 Å². The molecule has 54 heavy (non-hydrogen) atoms. The molecule has 1 N–H and O–H groups in total. The molecule has 0 unspecified atom stereocenters. The van der Waals surface area contributed by atoms with Crippen molar-refractivity contribution < 1.29 is 29.0 Å². The zero-order valence-corrected chi connectivity index (χ0v) is 32.3. The van der Waals surface area contributed by atoms with E-state index in [2.05, 4.69) is 10.2 Å². The third kappa shape index (κ3) is 5.52. The SMILES string of the molecule is COc1cc([C@H]2C3=CC[C@@H]4C(=O)N(c5ccc(N=Nc6ccc(N(C)C)cc6)cc5)C(=O)[C@@H]4[C@@H]3C[C@H]3C(=O)N(c4ccccc4)C(=O)[C@@]23C)cc(I)c1O. The first-order chi connectivity index (χ1) is 25.9. The van der Waals surface area contributed by atoms with Gasteiger partial charge in [0.15, 0.2) is 11.5 Å². The third-order valence-electron chi connectivity index (χ3n) is 11.6. The van der Waals surface area contributed by atoms with E-state index in [9.17, 15) is 24.3 Å². The highest BCUT2D eigenvalue weighted by atomic mass is 127. The largest absolute Gasteiger partial charge is 0.504 e. The van der Waals surface area contributed by atoms with Crippen molar-refractivity contribution in [1.82, 2.24) is 0 Å². The van der Waals surface area contributed by atoms with Crippen LogP contribution in [0.25, 0.3) is 0 Å². The molecule has 2 aliphatic carbocycles. The van der Waals surface area contributed by atoms with Crippen LogP contribution in [0.1, 0.15) is 31.2 Å². The van der Waals surface area contributed by atoms with Crippen molar-refractivity contribution in [3.8, 4) is 11.5 Å². The number of phenolic OH excluding ortho intramolecular Hbond substituents is 1. The van der Waals surface area contributed by atoms with E-state index in [-0.39, 0.29) is 41.5 Å². The number of methoxy groups -OCH3 is 1. The van der Waals surface area contributed by atoms with Gasteiger partial charge in [0.05, 0.1) is 56.6 Å². The number of phenols is 1. The number of carbonyl (C=O) groups excluding carboxylic acids is 4. The molecule has 0 bridgehead atoms. The maximum Gasteiger partial charge on any atom is 0.241 e. The molecule has 0 radical (unpaired) electrons. The number of anilines is 3. The zero-order valence-electron chi connectivity index (χ0n) is 30.1. The molecule has 2 aliphatic heterocycles. The van der Waals surface area contributed by atoms with E-state index in [0.717, 1.165) is 11.3 Å². The van der Waals surface area contributed by atoms with E-state index in [1.54, 1.807) is 54.6 Å². The number of ether oxygens (including phenoxy) is 1. The molecule has 8 rings (SSSR count). The monoisotopic (exact) mass is 835 g/mol. The molecule has 3 fully saturated rings. The molecule has 11 nitrogen and oxygen atoms in total. The lowest BCUT2D eigenvalue weighted by molar-refractivity contribution is -0.131. The average molecular weight is 836 g/mol. The summed E-state index contributed by atoms with van der Waals surface area (Å²) in [5, 5.41) is 19.4. The minimum Gasteiger partial charge on any atom is -0.504 e. The number of imide groups is 2. The van der Waals surface area contributed by atoms with Crippen LogP contribution in [0.15, 0.2) is 113 Å². The summed E-state index contributed by atoms with van der Waals surface area (Å²) < 4.78 is 6.07. The number of hydrogen-bond donors (Lipinski definition) is 1. The third-order valence-corrected chi connectivity index (χ3v) is 12.5.